The van der Waals surface area contributed by atoms with Gasteiger partial charge < -0.3 is 24.8 Å². The molecule has 0 fully saturated rings. The van der Waals surface area contributed by atoms with Crippen molar-refractivity contribution >= 4 is 29.3 Å². The summed E-state index contributed by atoms with van der Waals surface area (Å²) in [4.78, 5) is 50.8. The maximum absolute atomic E-state index is 14.0. The molecule has 4 aromatic carbocycles. The number of carbonyl (C=O) groups excluding carboxylic acids is 4. The van der Waals surface area contributed by atoms with E-state index in [1.165, 1.54) is 57.6 Å². The molecule has 0 radical (unpaired) electrons. The van der Waals surface area contributed by atoms with Crippen molar-refractivity contribution in [2.24, 2.45) is 0 Å². The molecule has 4 aromatic rings. The maximum Gasteiger partial charge on any atom is 0.343 e. The van der Waals surface area contributed by atoms with Crippen molar-refractivity contribution in [1.82, 2.24) is 5.32 Å². The van der Waals surface area contributed by atoms with Crippen LogP contribution in [0.1, 0.15) is 82.6 Å². The topological polar surface area (TPSA) is 120 Å². The van der Waals surface area contributed by atoms with E-state index in [1.807, 2.05) is 0 Å². The molecule has 0 heterocycles. The van der Waals surface area contributed by atoms with Gasteiger partial charge in [0.05, 0.1) is 25.3 Å². The quantitative estimate of drug-likeness (QED) is 0.0663. The van der Waals surface area contributed by atoms with E-state index in [0.717, 1.165) is 31.0 Å². The van der Waals surface area contributed by atoms with Crippen LogP contribution >= 0.6 is 0 Å². The normalized spacial score (nSPS) is 11.3. The highest BCUT2D eigenvalue weighted by molar-refractivity contribution is 6.05. The lowest BCUT2D eigenvalue weighted by Crippen LogP contribution is -2.41. The monoisotopic (exact) mass is 686 g/mol. The number of rotatable bonds is 17. The summed E-state index contributed by atoms with van der Waals surface area (Å²) in [6.07, 6.45) is 5.81. The third kappa shape index (κ3) is 10.5. The Bertz CT molecular complexity index is 1770. The van der Waals surface area contributed by atoms with Crippen LogP contribution in [0.15, 0.2) is 84.9 Å². The van der Waals surface area contributed by atoms with Crippen molar-refractivity contribution in [3.8, 4) is 17.2 Å². The van der Waals surface area contributed by atoms with E-state index in [9.17, 15) is 28.0 Å². The molecular weight excluding hydrogens is 646 g/mol. The van der Waals surface area contributed by atoms with Gasteiger partial charge >= 0.3 is 5.97 Å². The molecule has 0 spiro atoms. The van der Waals surface area contributed by atoms with E-state index in [2.05, 4.69) is 17.6 Å². The van der Waals surface area contributed by atoms with Gasteiger partial charge in [-0.1, -0.05) is 44.7 Å². The fourth-order valence-corrected chi connectivity index (χ4v) is 5.05. The molecule has 2 amide bonds. The summed E-state index contributed by atoms with van der Waals surface area (Å²) in [5, 5.41) is 5.10. The first-order valence-corrected chi connectivity index (χ1v) is 16.4. The van der Waals surface area contributed by atoms with Crippen LogP contribution in [0, 0.1) is 11.6 Å². The molecule has 0 aliphatic heterocycles. The van der Waals surface area contributed by atoms with E-state index in [4.69, 9.17) is 14.2 Å². The number of amides is 2. The van der Waals surface area contributed by atoms with Crippen LogP contribution in [-0.4, -0.2) is 43.3 Å². The van der Waals surface area contributed by atoms with Crippen molar-refractivity contribution in [2.45, 2.75) is 58.4 Å². The van der Waals surface area contributed by atoms with Gasteiger partial charge in [0, 0.05) is 11.3 Å². The predicted octanol–water partition coefficient (Wildman–Crippen LogP) is 7.72. The van der Waals surface area contributed by atoms with Gasteiger partial charge in [-0.05, 0) is 98.1 Å². The molecule has 0 saturated heterocycles. The van der Waals surface area contributed by atoms with E-state index in [1.54, 1.807) is 42.5 Å². The predicted molar refractivity (Wildman–Crippen MR) is 185 cm³/mol. The smallest absolute Gasteiger partial charge is 0.343 e. The first-order valence-electron chi connectivity index (χ1n) is 16.4. The second kappa shape index (κ2) is 18.3. The minimum Gasteiger partial charge on any atom is -0.494 e. The van der Waals surface area contributed by atoms with Crippen LogP contribution in [0.3, 0.4) is 0 Å². The molecular formula is C39H40F2N2O7. The van der Waals surface area contributed by atoms with Gasteiger partial charge in [0.25, 0.3) is 11.8 Å². The third-order valence-electron chi connectivity index (χ3n) is 7.87. The molecule has 9 nitrogen and oxygen atoms in total. The third-order valence-corrected chi connectivity index (χ3v) is 7.87. The average Bonchev–Trinajstić information content (AvgIpc) is 3.10. The first kappa shape index (κ1) is 37.2. The van der Waals surface area contributed by atoms with Crippen molar-refractivity contribution in [1.29, 1.82) is 0 Å². The SMILES string of the molecule is CCCCCCCOc1ccc(C(=O)Oc2ccc(CC(NC(=O)c3ccc(NC(=O)c4c(F)cccc4F)cc3)C(C)=O)cc2OC)cc1. The molecule has 0 bridgehead atoms. The van der Waals surface area contributed by atoms with E-state index < -0.39 is 41.0 Å². The van der Waals surface area contributed by atoms with Crippen LogP contribution in [0.5, 0.6) is 17.2 Å². The number of hydrogen-bond acceptors (Lipinski definition) is 7. The second-order valence-electron chi connectivity index (χ2n) is 11.6. The van der Waals surface area contributed by atoms with E-state index in [0.29, 0.717) is 23.5 Å². The number of esters is 1. The highest BCUT2D eigenvalue weighted by Crippen LogP contribution is 2.30. The zero-order valence-corrected chi connectivity index (χ0v) is 28.2. The average molecular weight is 687 g/mol. The minimum absolute atomic E-state index is 0.119. The number of Topliss-reactive ketones (excluding diaryl/α,β-unsaturated/α-hetero) is 1. The summed E-state index contributed by atoms with van der Waals surface area (Å²) in [6, 6.07) is 19.4. The molecule has 4 rings (SSSR count). The van der Waals surface area contributed by atoms with Crippen LogP contribution in [0.4, 0.5) is 14.5 Å². The van der Waals surface area contributed by atoms with Crippen LogP contribution in [-0.2, 0) is 11.2 Å². The van der Waals surface area contributed by atoms with E-state index in [-0.39, 0.29) is 35.0 Å². The van der Waals surface area contributed by atoms with Gasteiger partial charge in [-0.15, -0.1) is 0 Å². The number of carbonyl (C=O) groups is 4. The largest absolute Gasteiger partial charge is 0.494 e. The Morgan fingerprint density at radius 1 is 0.760 bits per heavy atom. The fraction of sp³-hybridized carbons (Fsp3) is 0.282. The van der Waals surface area contributed by atoms with E-state index >= 15 is 0 Å². The number of halogens is 2. The Morgan fingerprint density at radius 2 is 1.42 bits per heavy atom. The lowest BCUT2D eigenvalue weighted by Gasteiger charge is -2.17. The van der Waals surface area contributed by atoms with Gasteiger partial charge in [0.2, 0.25) is 0 Å². The number of ketones is 1. The lowest BCUT2D eigenvalue weighted by atomic mass is 10.0. The number of nitrogens with one attached hydrogen (secondary N) is 2. The first-order chi connectivity index (χ1) is 24.1. The zero-order valence-electron chi connectivity index (χ0n) is 28.2. The zero-order chi connectivity index (χ0) is 36.0. The summed E-state index contributed by atoms with van der Waals surface area (Å²) < 4.78 is 44.7. The van der Waals surface area contributed by atoms with Gasteiger partial charge in [-0.3, -0.25) is 14.4 Å². The molecule has 11 heteroatoms. The Balaban J connectivity index is 1.33. The lowest BCUT2D eigenvalue weighted by molar-refractivity contribution is -0.118. The number of hydrogen-bond donors (Lipinski definition) is 2. The fourth-order valence-electron chi connectivity index (χ4n) is 5.05. The summed E-state index contributed by atoms with van der Waals surface area (Å²) in [6.45, 7) is 4.14. The second-order valence-corrected chi connectivity index (χ2v) is 11.6. The number of ether oxygens (including phenoxy) is 3. The molecule has 0 saturated carbocycles. The highest BCUT2D eigenvalue weighted by Gasteiger charge is 2.21. The molecule has 0 aliphatic carbocycles. The molecule has 2 N–H and O–H groups in total. The number of methoxy groups -OCH3 is 1. The van der Waals surface area contributed by atoms with Gasteiger partial charge in [-0.2, -0.15) is 0 Å². The summed E-state index contributed by atoms with van der Waals surface area (Å²) in [5.74, 6) is -3.30. The molecule has 0 aromatic heterocycles. The Hall–Kier alpha value is -5.58. The molecule has 262 valence electrons. The summed E-state index contributed by atoms with van der Waals surface area (Å²) >= 11 is 0. The van der Waals surface area contributed by atoms with Gasteiger partial charge in [0.1, 0.15) is 22.9 Å². The summed E-state index contributed by atoms with van der Waals surface area (Å²) in [7, 11) is 1.42. The van der Waals surface area contributed by atoms with Crippen LogP contribution in [0.25, 0.3) is 0 Å². The van der Waals surface area contributed by atoms with Crippen molar-refractivity contribution in [2.75, 3.05) is 19.0 Å². The van der Waals surface area contributed by atoms with Crippen LogP contribution < -0.4 is 24.8 Å². The minimum atomic E-state index is -1.00. The summed E-state index contributed by atoms with van der Waals surface area (Å²) in [5.41, 5.74) is 0.644. The Kier molecular flexibility index (Phi) is 13.6. The molecule has 1 unspecified atom stereocenters. The molecule has 0 aliphatic rings. The maximum atomic E-state index is 14.0. The van der Waals surface area contributed by atoms with Crippen molar-refractivity contribution in [3.05, 3.63) is 119 Å². The Morgan fingerprint density at radius 3 is 2.06 bits per heavy atom. The highest BCUT2D eigenvalue weighted by atomic mass is 19.1. The number of unbranched alkanes of at least 4 members (excludes halogenated alkanes) is 4. The number of benzene rings is 4. The van der Waals surface area contributed by atoms with Crippen molar-refractivity contribution in [3.63, 3.8) is 0 Å². The standard InChI is InChI=1S/C39H40F2N2O7/c1-4-5-6-7-8-22-49-30-19-15-28(16-20-30)39(47)50-34-21-12-26(24-35(34)48-3)23-33(25(2)44)43-37(45)27-13-17-29(18-14-27)42-38(46)36-31(40)10-9-11-32(36)41/h9-21,24,33H,4-8,22-23H2,1-3H3,(H,42,46)(H,43,45). The Labute approximate surface area is 289 Å². The molecule has 50 heavy (non-hydrogen) atoms. The van der Waals surface area contributed by atoms with Crippen LogP contribution in [0.2, 0.25) is 0 Å². The van der Waals surface area contributed by atoms with Gasteiger partial charge in [-0.25, -0.2) is 13.6 Å². The van der Waals surface area contributed by atoms with Gasteiger partial charge in [0.15, 0.2) is 17.3 Å². The molecule has 1 atom stereocenters. The van der Waals surface area contributed by atoms with Crippen molar-refractivity contribution < 1.29 is 42.2 Å². The number of anilines is 1.